The molecule has 0 N–H and O–H groups in total. The van der Waals surface area contributed by atoms with Crippen LogP contribution < -0.4 is 4.74 Å². The molecule has 4 heteroatoms. The zero-order valence-corrected chi connectivity index (χ0v) is 19.7. The lowest BCUT2D eigenvalue weighted by atomic mass is 9.74. The van der Waals surface area contributed by atoms with Gasteiger partial charge in [-0.3, -0.25) is 9.69 Å². The summed E-state index contributed by atoms with van der Waals surface area (Å²) in [7, 11) is 0. The van der Waals surface area contributed by atoms with Gasteiger partial charge in [0.05, 0.1) is 0 Å². The Kier molecular flexibility index (Phi) is 8.13. The standard InChI is InChI=1S/C26H33NO2.BrH/c1-2-3-12-25(28)29-24-11-7-10-22(19-24)26-15-13-23(20-26)27(18-16-26)17-14-21-8-5-4-6-9-21;/h4-11,19,23H,2-3,12-18,20H2,1H3;1H. The van der Waals surface area contributed by atoms with E-state index in [9.17, 15) is 4.79 Å². The first-order valence-corrected chi connectivity index (χ1v) is 11.3. The minimum absolute atomic E-state index is 0. The first-order valence-electron chi connectivity index (χ1n) is 11.3. The number of hydrogen-bond acceptors (Lipinski definition) is 3. The lowest BCUT2D eigenvalue weighted by Gasteiger charge is -2.40. The van der Waals surface area contributed by atoms with E-state index >= 15 is 0 Å². The number of halogens is 1. The van der Waals surface area contributed by atoms with E-state index < -0.39 is 0 Å². The van der Waals surface area contributed by atoms with E-state index in [-0.39, 0.29) is 28.4 Å². The third-order valence-corrected chi connectivity index (χ3v) is 6.92. The summed E-state index contributed by atoms with van der Waals surface area (Å²) in [5.41, 5.74) is 3.06. The Morgan fingerprint density at radius 3 is 2.77 bits per heavy atom. The monoisotopic (exact) mass is 471 g/mol. The fourth-order valence-corrected chi connectivity index (χ4v) is 5.19. The molecule has 2 bridgehead atoms. The van der Waals surface area contributed by atoms with Gasteiger partial charge in [0.15, 0.2) is 0 Å². The lowest BCUT2D eigenvalue weighted by molar-refractivity contribution is -0.134. The van der Waals surface area contributed by atoms with Crippen LogP contribution in [-0.2, 0) is 16.6 Å². The largest absolute Gasteiger partial charge is 0.427 e. The van der Waals surface area contributed by atoms with Gasteiger partial charge in [0, 0.05) is 19.0 Å². The van der Waals surface area contributed by atoms with Crippen LogP contribution in [0, 0.1) is 0 Å². The van der Waals surface area contributed by atoms with Gasteiger partial charge in [0.2, 0.25) is 0 Å². The zero-order valence-electron chi connectivity index (χ0n) is 18.0. The SMILES string of the molecule is Br.CCCCC(=O)Oc1cccc(C23CCC(C2)N(CCc2ccccc2)CC3)c1. The number of benzene rings is 2. The van der Waals surface area contributed by atoms with Crippen molar-refractivity contribution < 1.29 is 9.53 Å². The van der Waals surface area contributed by atoms with Gasteiger partial charge in [0.25, 0.3) is 0 Å². The van der Waals surface area contributed by atoms with Crippen molar-refractivity contribution in [3.8, 4) is 5.75 Å². The van der Waals surface area contributed by atoms with Crippen LogP contribution in [0.25, 0.3) is 0 Å². The van der Waals surface area contributed by atoms with Gasteiger partial charge in [-0.2, -0.15) is 0 Å². The molecule has 2 atom stereocenters. The van der Waals surface area contributed by atoms with Gasteiger partial charge in [-0.05, 0) is 73.7 Å². The Balaban J connectivity index is 0.00000256. The fourth-order valence-electron chi connectivity index (χ4n) is 5.19. The summed E-state index contributed by atoms with van der Waals surface area (Å²) in [5, 5.41) is 0. The van der Waals surface area contributed by atoms with Gasteiger partial charge in [-0.15, -0.1) is 17.0 Å². The number of rotatable bonds is 8. The maximum atomic E-state index is 12.0. The molecule has 1 saturated heterocycles. The summed E-state index contributed by atoms with van der Waals surface area (Å²) < 4.78 is 5.61. The first-order chi connectivity index (χ1) is 14.2. The van der Waals surface area contributed by atoms with Crippen LogP contribution in [0.5, 0.6) is 5.75 Å². The molecular weight excluding hydrogens is 438 g/mol. The molecule has 2 aliphatic rings. The van der Waals surface area contributed by atoms with Gasteiger partial charge >= 0.3 is 5.97 Å². The summed E-state index contributed by atoms with van der Waals surface area (Å²) in [4.78, 5) is 14.7. The molecule has 2 fully saturated rings. The molecular formula is C26H34BrNO2. The van der Waals surface area contributed by atoms with Crippen molar-refractivity contribution in [2.45, 2.75) is 69.7 Å². The van der Waals surface area contributed by atoms with E-state index in [1.165, 1.54) is 36.8 Å². The number of unbranched alkanes of at least 4 members (excludes halogenated alkanes) is 1. The summed E-state index contributed by atoms with van der Waals surface area (Å²) in [6.45, 7) is 4.41. The molecule has 3 nitrogen and oxygen atoms in total. The second kappa shape index (κ2) is 10.6. The average Bonchev–Trinajstić information content (AvgIpc) is 3.11. The summed E-state index contributed by atoms with van der Waals surface area (Å²) in [5.74, 6) is 0.606. The van der Waals surface area contributed by atoms with E-state index in [0.717, 1.165) is 32.4 Å². The number of hydrogen-bond donors (Lipinski definition) is 0. The molecule has 2 aromatic rings. The van der Waals surface area contributed by atoms with Crippen LogP contribution in [0.3, 0.4) is 0 Å². The molecule has 1 aliphatic heterocycles. The van der Waals surface area contributed by atoms with Crippen LogP contribution in [0.4, 0.5) is 0 Å². The van der Waals surface area contributed by atoms with Crippen LogP contribution in [-0.4, -0.2) is 30.0 Å². The van der Waals surface area contributed by atoms with E-state index in [1.54, 1.807) is 0 Å². The number of piperidine rings is 1. The minimum atomic E-state index is -0.110. The molecule has 0 aromatic heterocycles. The third kappa shape index (κ3) is 5.33. The number of carbonyl (C=O) groups excluding carboxylic acids is 1. The van der Waals surface area contributed by atoms with Crippen molar-refractivity contribution in [1.29, 1.82) is 0 Å². The highest BCUT2D eigenvalue weighted by molar-refractivity contribution is 8.93. The number of nitrogens with zero attached hydrogens (tertiary/aromatic N) is 1. The van der Waals surface area contributed by atoms with Gasteiger partial charge in [-0.25, -0.2) is 0 Å². The number of ether oxygens (including phenoxy) is 1. The van der Waals surface area contributed by atoms with E-state index in [2.05, 4.69) is 60.4 Å². The van der Waals surface area contributed by atoms with Crippen molar-refractivity contribution in [3.05, 3.63) is 65.7 Å². The Morgan fingerprint density at radius 2 is 1.97 bits per heavy atom. The highest BCUT2D eigenvalue weighted by Crippen LogP contribution is 2.49. The van der Waals surface area contributed by atoms with Crippen LogP contribution in [0.15, 0.2) is 54.6 Å². The molecule has 1 heterocycles. The van der Waals surface area contributed by atoms with Crippen LogP contribution in [0.1, 0.15) is 63.0 Å². The van der Waals surface area contributed by atoms with E-state index in [0.29, 0.717) is 18.2 Å². The Morgan fingerprint density at radius 1 is 1.13 bits per heavy atom. The highest BCUT2D eigenvalue weighted by atomic mass is 79.9. The number of esters is 1. The first kappa shape index (κ1) is 23.0. The molecule has 2 unspecified atom stereocenters. The maximum Gasteiger partial charge on any atom is 0.311 e. The third-order valence-electron chi connectivity index (χ3n) is 6.92. The van der Waals surface area contributed by atoms with Gasteiger partial charge in [-0.1, -0.05) is 55.8 Å². The maximum absolute atomic E-state index is 12.0. The molecule has 1 saturated carbocycles. The quantitative estimate of drug-likeness (QED) is 0.344. The van der Waals surface area contributed by atoms with Gasteiger partial charge in [0.1, 0.15) is 5.75 Å². The number of carbonyl (C=O) groups is 1. The van der Waals surface area contributed by atoms with E-state index in [1.807, 2.05) is 6.07 Å². The molecule has 1 aliphatic carbocycles. The second-order valence-corrected chi connectivity index (χ2v) is 8.80. The molecule has 0 amide bonds. The van der Waals surface area contributed by atoms with Crippen molar-refractivity contribution in [2.75, 3.05) is 13.1 Å². The topological polar surface area (TPSA) is 29.5 Å². The normalized spacial score (nSPS) is 23.0. The number of likely N-dealkylation sites (tertiary alicyclic amines) is 1. The Bertz CT molecular complexity index is 825. The highest BCUT2D eigenvalue weighted by Gasteiger charge is 2.46. The summed E-state index contributed by atoms with van der Waals surface area (Å²) >= 11 is 0. The molecule has 4 rings (SSSR count). The Hall–Kier alpha value is -1.65. The average molecular weight is 472 g/mol. The van der Waals surface area contributed by atoms with E-state index in [4.69, 9.17) is 4.74 Å². The van der Waals surface area contributed by atoms with Crippen molar-refractivity contribution in [2.24, 2.45) is 0 Å². The molecule has 162 valence electrons. The predicted molar refractivity (Wildman–Crippen MR) is 128 cm³/mol. The smallest absolute Gasteiger partial charge is 0.311 e. The van der Waals surface area contributed by atoms with Crippen molar-refractivity contribution >= 4 is 23.0 Å². The predicted octanol–water partition coefficient (Wildman–Crippen LogP) is 6.10. The Labute approximate surface area is 191 Å². The number of fused-ring (bicyclic) bond motifs is 2. The lowest BCUT2D eigenvalue weighted by Crippen LogP contribution is -2.44. The fraction of sp³-hybridized carbons (Fsp3) is 0.500. The van der Waals surface area contributed by atoms with Crippen molar-refractivity contribution in [3.63, 3.8) is 0 Å². The van der Waals surface area contributed by atoms with Crippen molar-refractivity contribution in [1.82, 2.24) is 4.90 Å². The summed E-state index contributed by atoms with van der Waals surface area (Å²) in [6.07, 6.45) is 8.49. The van der Waals surface area contributed by atoms with Gasteiger partial charge < -0.3 is 4.74 Å². The van der Waals surface area contributed by atoms with Crippen LogP contribution in [0.2, 0.25) is 0 Å². The zero-order chi connectivity index (χ0) is 20.1. The molecule has 30 heavy (non-hydrogen) atoms. The molecule has 2 aromatic carbocycles. The summed E-state index contributed by atoms with van der Waals surface area (Å²) in [6, 6.07) is 19.9. The molecule has 0 spiro atoms. The van der Waals surface area contributed by atoms with Crippen LogP contribution >= 0.6 is 17.0 Å². The molecule has 0 radical (unpaired) electrons. The second-order valence-electron chi connectivity index (χ2n) is 8.80. The minimum Gasteiger partial charge on any atom is -0.427 e.